The van der Waals surface area contributed by atoms with E-state index in [1.807, 2.05) is 30.3 Å². The second-order valence-corrected chi connectivity index (χ2v) is 4.28. The van der Waals surface area contributed by atoms with E-state index in [2.05, 4.69) is 54.6 Å². The third-order valence-corrected chi connectivity index (χ3v) is 3.08. The molecule has 0 saturated heterocycles. The fraction of sp³-hybridized carbons (Fsp3) is 0. The van der Waals surface area contributed by atoms with Crippen LogP contribution in [0.25, 0.3) is 21.5 Å². The van der Waals surface area contributed by atoms with E-state index in [0.717, 1.165) is 0 Å². The molecule has 0 atom stereocenters. The third-order valence-electron chi connectivity index (χ3n) is 3.08. The smallest absolute Gasteiger partial charge is 0.358 e. The summed E-state index contributed by atoms with van der Waals surface area (Å²) in [5, 5.41) is 5.39. The van der Waals surface area contributed by atoms with Crippen molar-refractivity contribution in [3.05, 3.63) is 99.8 Å². The molecule has 0 aromatic heterocycles. The van der Waals surface area contributed by atoms with Crippen LogP contribution < -0.4 is 0 Å². The van der Waals surface area contributed by atoms with Crippen LogP contribution in [-0.4, -0.2) is 0 Å². The van der Waals surface area contributed by atoms with Gasteiger partial charge in [-0.3, -0.25) is 0 Å². The summed E-state index contributed by atoms with van der Waals surface area (Å²) in [4.78, 5) is 0. The van der Waals surface area contributed by atoms with Crippen molar-refractivity contribution in [1.82, 2.24) is 0 Å². The molecule has 4 rings (SSSR count). The van der Waals surface area contributed by atoms with Gasteiger partial charge in [0.1, 0.15) is 0 Å². The van der Waals surface area contributed by atoms with Gasteiger partial charge in [0.25, 0.3) is 0 Å². The van der Waals surface area contributed by atoms with Crippen LogP contribution in [0.5, 0.6) is 0 Å². The molecule has 1 heteroatoms. The molecule has 4 aromatic carbocycles. The van der Waals surface area contributed by atoms with Crippen molar-refractivity contribution in [2.45, 2.75) is 0 Å². The Kier molecular flexibility index (Phi) is 8.80. The molecule has 0 bridgehead atoms. The first-order chi connectivity index (χ1) is 8.95. The van der Waals surface area contributed by atoms with Crippen LogP contribution >= 0.6 is 0 Å². The predicted octanol–water partition coefficient (Wildman–Crippen LogP) is 6.02. The second kappa shape index (κ2) is 9.46. The average molecular weight is 439 g/mol. The zero-order valence-electron chi connectivity index (χ0n) is 12.6. The third kappa shape index (κ3) is 4.50. The quantitative estimate of drug-likeness (QED) is 0.233. The summed E-state index contributed by atoms with van der Waals surface area (Å²) in [6.07, 6.45) is 0. The van der Waals surface area contributed by atoms with Gasteiger partial charge in [-0.2, -0.15) is 18.2 Å². The first-order valence-corrected chi connectivity index (χ1v) is 6.15. The molecule has 0 spiro atoms. The topological polar surface area (TPSA) is 0 Å². The maximum absolute atomic E-state index is 2.24. The Labute approximate surface area is 146 Å². The summed E-state index contributed by atoms with van der Waals surface area (Å²) in [5.74, 6) is 0. The Balaban J connectivity index is 0.000000437. The molecular weight excluding hydrogens is 419 g/mol. The van der Waals surface area contributed by atoms with Gasteiger partial charge in [-0.05, 0) is 0 Å². The normalized spacial score (nSPS) is 8.76. The molecule has 104 valence electrons. The minimum absolute atomic E-state index is 0. The van der Waals surface area contributed by atoms with Crippen LogP contribution in [0.2, 0.25) is 0 Å². The van der Waals surface area contributed by atoms with Crippen molar-refractivity contribution in [2.75, 3.05) is 0 Å². The summed E-state index contributed by atoms with van der Waals surface area (Å²) >= 11 is 0. The van der Waals surface area contributed by atoms with Crippen LogP contribution in [0, 0.1) is 14.9 Å². The van der Waals surface area contributed by atoms with E-state index in [4.69, 9.17) is 0 Å². The zero-order valence-corrected chi connectivity index (χ0v) is 16.2. The number of rotatable bonds is 0. The Bertz CT molecular complexity index is 665. The van der Waals surface area contributed by atoms with Gasteiger partial charge < -0.3 is 14.9 Å². The van der Waals surface area contributed by atoms with Crippen LogP contribution in [0.1, 0.15) is 0 Å². The van der Waals surface area contributed by atoms with Crippen LogP contribution in [0.3, 0.4) is 0 Å². The Morgan fingerprint density at radius 2 is 1.00 bits per heavy atom. The number of hydrogen-bond acceptors (Lipinski definition) is 0. The largest absolute Gasteiger partial charge is 4.00 e. The molecule has 4 aromatic rings. The summed E-state index contributed by atoms with van der Waals surface area (Å²) in [6, 6.07) is 29.3. The number of hydrogen-bond donors (Lipinski definition) is 0. The molecule has 0 N–H and O–H groups in total. The maximum atomic E-state index is 2.24. The van der Waals surface area contributed by atoms with Crippen LogP contribution in [-0.2, 0) is 25.8 Å². The standard InChI is InChI=1S/C13H9.C5H5.2CH3.Hf/c1-3-7-12-10(5-1)9-11-6-2-4-8-13(11)12;1-2-4-5-3-1;;;/h1-9H;1-5H;2*1H3;/q4*-1;+4. The van der Waals surface area contributed by atoms with E-state index < -0.39 is 0 Å². The fourth-order valence-corrected chi connectivity index (χ4v) is 2.22. The molecule has 0 aliphatic heterocycles. The van der Waals surface area contributed by atoms with Gasteiger partial charge in [0.15, 0.2) is 0 Å². The van der Waals surface area contributed by atoms with Crippen molar-refractivity contribution < 1.29 is 25.8 Å². The fourth-order valence-electron chi connectivity index (χ4n) is 2.22. The van der Waals surface area contributed by atoms with Gasteiger partial charge >= 0.3 is 25.8 Å². The van der Waals surface area contributed by atoms with Crippen molar-refractivity contribution in [1.29, 1.82) is 0 Å². The van der Waals surface area contributed by atoms with Crippen molar-refractivity contribution >= 4 is 21.5 Å². The van der Waals surface area contributed by atoms with E-state index >= 15 is 0 Å². The minimum atomic E-state index is 0. The predicted molar refractivity (Wildman–Crippen MR) is 91.9 cm³/mol. The molecule has 0 aliphatic carbocycles. The first-order valence-electron chi connectivity index (χ1n) is 6.15. The molecular formula is C20H20Hf. The van der Waals surface area contributed by atoms with E-state index in [-0.39, 0.29) is 40.7 Å². The Morgan fingerprint density at radius 1 is 0.571 bits per heavy atom. The van der Waals surface area contributed by atoms with Gasteiger partial charge in [-0.25, -0.2) is 12.1 Å². The zero-order chi connectivity index (χ0) is 12.2. The molecule has 0 heterocycles. The van der Waals surface area contributed by atoms with E-state index in [9.17, 15) is 0 Å². The SMILES string of the molecule is [CH3-].[CH3-].[Hf+4].c1cc[cH-]c1.c1ccc2c(c1)[cH-]c1ccccc12. The van der Waals surface area contributed by atoms with Gasteiger partial charge in [0.05, 0.1) is 0 Å². The molecule has 0 radical (unpaired) electrons. The van der Waals surface area contributed by atoms with Crippen LogP contribution in [0.15, 0.2) is 84.9 Å². The molecule has 0 amide bonds. The van der Waals surface area contributed by atoms with Gasteiger partial charge in [0, 0.05) is 0 Å². The molecule has 0 saturated carbocycles. The van der Waals surface area contributed by atoms with Crippen molar-refractivity contribution in [3.63, 3.8) is 0 Å². The Morgan fingerprint density at radius 3 is 1.38 bits per heavy atom. The van der Waals surface area contributed by atoms with Crippen molar-refractivity contribution in [2.24, 2.45) is 0 Å². The second-order valence-electron chi connectivity index (χ2n) is 4.28. The molecule has 0 aliphatic rings. The van der Waals surface area contributed by atoms with Gasteiger partial charge in [0.2, 0.25) is 0 Å². The van der Waals surface area contributed by atoms with Gasteiger partial charge in [-0.1, -0.05) is 36.4 Å². The Hall–Kier alpha value is -1.47. The maximum Gasteiger partial charge on any atom is 4.00 e. The number of fused-ring (bicyclic) bond motifs is 3. The summed E-state index contributed by atoms with van der Waals surface area (Å²) in [6.45, 7) is 0. The van der Waals surface area contributed by atoms with E-state index in [0.29, 0.717) is 0 Å². The van der Waals surface area contributed by atoms with E-state index in [1.54, 1.807) is 0 Å². The summed E-state index contributed by atoms with van der Waals surface area (Å²) < 4.78 is 0. The molecule has 21 heavy (non-hydrogen) atoms. The summed E-state index contributed by atoms with van der Waals surface area (Å²) in [5.41, 5.74) is 0. The van der Waals surface area contributed by atoms with Crippen molar-refractivity contribution in [3.8, 4) is 0 Å². The molecule has 0 fully saturated rings. The molecule has 0 unspecified atom stereocenters. The van der Waals surface area contributed by atoms with Gasteiger partial charge in [-0.15, -0.1) is 39.7 Å². The van der Waals surface area contributed by atoms with E-state index in [1.165, 1.54) is 21.5 Å². The first kappa shape index (κ1) is 19.5. The minimum Gasteiger partial charge on any atom is -0.358 e. The number of benzene rings is 2. The average Bonchev–Trinajstić information content (AvgIpc) is 3.10. The molecule has 0 nitrogen and oxygen atoms in total. The van der Waals surface area contributed by atoms with Crippen LogP contribution in [0.4, 0.5) is 0 Å². The monoisotopic (exact) mass is 440 g/mol. The summed E-state index contributed by atoms with van der Waals surface area (Å²) in [7, 11) is 0.